The maximum absolute atomic E-state index is 12.6. The lowest BCUT2D eigenvalue weighted by atomic mass is 9.87. The van der Waals surface area contributed by atoms with Gasteiger partial charge >= 0.3 is 0 Å². The van der Waals surface area contributed by atoms with Crippen molar-refractivity contribution in [2.75, 3.05) is 13.1 Å². The first-order valence-electron chi connectivity index (χ1n) is 9.43. The lowest BCUT2D eigenvalue weighted by Gasteiger charge is -2.38. The van der Waals surface area contributed by atoms with E-state index in [9.17, 15) is 4.79 Å². The van der Waals surface area contributed by atoms with Gasteiger partial charge in [-0.05, 0) is 59.4 Å². The van der Waals surface area contributed by atoms with E-state index in [4.69, 9.17) is 4.52 Å². The predicted octanol–water partition coefficient (Wildman–Crippen LogP) is 3.44. The molecule has 2 unspecified atom stereocenters. The lowest BCUT2D eigenvalue weighted by Crippen LogP contribution is -2.46. The summed E-state index contributed by atoms with van der Waals surface area (Å²) in [6, 6.07) is 0.633. The Bertz CT molecular complexity index is 578. The van der Waals surface area contributed by atoms with Gasteiger partial charge in [0.25, 0.3) is 0 Å². The van der Waals surface area contributed by atoms with Gasteiger partial charge in [-0.3, -0.25) is 4.79 Å². The van der Waals surface area contributed by atoms with Gasteiger partial charge in [0.05, 0.1) is 12.2 Å². The average Bonchev–Trinajstić information content (AvgIpc) is 2.94. The molecule has 2 aliphatic rings. The van der Waals surface area contributed by atoms with Crippen LogP contribution in [0.5, 0.6) is 0 Å². The SMILES string of the molecule is CCC(C)N1CCCC2(CCC(=O)N2Cc2c(C)noc2C)CC1. The molecule has 0 bridgehead atoms. The quantitative estimate of drug-likeness (QED) is 0.847. The van der Waals surface area contributed by atoms with E-state index in [1.807, 2.05) is 13.8 Å². The van der Waals surface area contributed by atoms with E-state index < -0.39 is 0 Å². The summed E-state index contributed by atoms with van der Waals surface area (Å²) in [5.74, 6) is 1.14. The molecule has 1 aromatic rings. The molecule has 0 radical (unpaired) electrons. The van der Waals surface area contributed by atoms with Gasteiger partial charge in [0.15, 0.2) is 0 Å². The molecule has 0 saturated carbocycles. The van der Waals surface area contributed by atoms with Gasteiger partial charge in [-0.1, -0.05) is 12.1 Å². The molecule has 1 spiro atoms. The van der Waals surface area contributed by atoms with E-state index in [-0.39, 0.29) is 5.54 Å². The van der Waals surface area contributed by atoms with Crippen LogP contribution in [0.2, 0.25) is 0 Å². The van der Waals surface area contributed by atoms with Gasteiger partial charge in [-0.25, -0.2) is 0 Å². The third kappa shape index (κ3) is 3.10. The van der Waals surface area contributed by atoms with Crippen molar-refractivity contribution in [3.8, 4) is 0 Å². The van der Waals surface area contributed by atoms with Gasteiger partial charge in [0.1, 0.15) is 5.76 Å². The second-order valence-corrected chi connectivity index (χ2v) is 7.65. The summed E-state index contributed by atoms with van der Waals surface area (Å²) >= 11 is 0. The Balaban J connectivity index is 1.79. The molecule has 1 aromatic heterocycles. The van der Waals surface area contributed by atoms with Gasteiger partial charge < -0.3 is 14.3 Å². The summed E-state index contributed by atoms with van der Waals surface area (Å²) in [5, 5.41) is 4.06. The first-order valence-corrected chi connectivity index (χ1v) is 9.43. The summed E-state index contributed by atoms with van der Waals surface area (Å²) in [6.45, 7) is 11.4. The van der Waals surface area contributed by atoms with Crippen LogP contribution in [0.15, 0.2) is 4.52 Å². The number of likely N-dealkylation sites (tertiary alicyclic amines) is 2. The van der Waals surface area contributed by atoms with Crippen molar-refractivity contribution in [1.82, 2.24) is 15.0 Å². The minimum Gasteiger partial charge on any atom is -0.361 e. The van der Waals surface area contributed by atoms with Gasteiger partial charge in [-0.2, -0.15) is 0 Å². The molecule has 0 N–H and O–H groups in total. The molecule has 0 aromatic carbocycles. The maximum atomic E-state index is 12.6. The van der Waals surface area contributed by atoms with Crippen LogP contribution in [-0.2, 0) is 11.3 Å². The van der Waals surface area contributed by atoms with Crippen LogP contribution in [0.1, 0.15) is 69.4 Å². The monoisotopic (exact) mass is 333 g/mol. The molecule has 134 valence electrons. The summed E-state index contributed by atoms with van der Waals surface area (Å²) < 4.78 is 5.31. The first-order chi connectivity index (χ1) is 11.5. The normalized spacial score (nSPS) is 27.0. The van der Waals surface area contributed by atoms with Gasteiger partial charge in [0.2, 0.25) is 5.91 Å². The molecule has 2 atom stereocenters. The van der Waals surface area contributed by atoms with E-state index in [1.165, 1.54) is 12.8 Å². The molecule has 0 aliphatic carbocycles. The molecule has 3 heterocycles. The minimum absolute atomic E-state index is 0.0371. The van der Waals surface area contributed by atoms with Crippen molar-refractivity contribution in [1.29, 1.82) is 0 Å². The third-order valence-electron chi connectivity index (χ3n) is 6.34. The second kappa shape index (κ2) is 6.87. The minimum atomic E-state index is 0.0371. The number of rotatable bonds is 4. The maximum Gasteiger partial charge on any atom is 0.223 e. The summed E-state index contributed by atoms with van der Waals surface area (Å²) in [7, 11) is 0. The Morgan fingerprint density at radius 3 is 2.71 bits per heavy atom. The molecular weight excluding hydrogens is 302 g/mol. The number of aromatic nitrogens is 1. The van der Waals surface area contributed by atoms with Crippen molar-refractivity contribution in [2.24, 2.45) is 0 Å². The molecule has 2 fully saturated rings. The highest BCUT2D eigenvalue weighted by molar-refractivity contribution is 5.79. The van der Waals surface area contributed by atoms with Crippen LogP contribution in [0, 0.1) is 13.8 Å². The molecular formula is C19H31N3O2. The van der Waals surface area contributed by atoms with E-state index in [0.29, 0.717) is 24.9 Å². The summed E-state index contributed by atoms with van der Waals surface area (Å²) in [6.07, 6.45) is 6.27. The number of carbonyl (C=O) groups is 1. The summed E-state index contributed by atoms with van der Waals surface area (Å²) in [4.78, 5) is 17.4. The van der Waals surface area contributed by atoms with Crippen LogP contribution in [0.3, 0.4) is 0 Å². The Hall–Kier alpha value is -1.36. The smallest absolute Gasteiger partial charge is 0.223 e. The fourth-order valence-electron chi connectivity index (χ4n) is 4.43. The average molecular weight is 333 g/mol. The van der Waals surface area contributed by atoms with Crippen LogP contribution in [-0.4, -0.2) is 45.5 Å². The van der Waals surface area contributed by atoms with Crippen molar-refractivity contribution in [2.45, 2.75) is 84.3 Å². The van der Waals surface area contributed by atoms with E-state index in [2.05, 4.69) is 28.8 Å². The topological polar surface area (TPSA) is 49.6 Å². The van der Waals surface area contributed by atoms with Crippen LogP contribution < -0.4 is 0 Å². The Morgan fingerprint density at radius 1 is 1.25 bits per heavy atom. The van der Waals surface area contributed by atoms with Crippen molar-refractivity contribution < 1.29 is 9.32 Å². The zero-order valence-electron chi connectivity index (χ0n) is 15.6. The van der Waals surface area contributed by atoms with E-state index in [1.54, 1.807) is 0 Å². The fraction of sp³-hybridized carbons (Fsp3) is 0.789. The number of aryl methyl sites for hydroxylation is 2. The number of hydrogen-bond acceptors (Lipinski definition) is 4. The molecule has 2 aliphatic heterocycles. The first kappa shape index (κ1) is 17.5. The van der Waals surface area contributed by atoms with Crippen LogP contribution in [0.4, 0.5) is 0 Å². The van der Waals surface area contributed by atoms with Crippen LogP contribution >= 0.6 is 0 Å². The molecule has 5 heteroatoms. The van der Waals surface area contributed by atoms with Crippen molar-refractivity contribution in [3.63, 3.8) is 0 Å². The lowest BCUT2D eigenvalue weighted by molar-refractivity contribution is -0.132. The third-order valence-corrected chi connectivity index (χ3v) is 6.34. The molecule has 3 rings (SSSR count). The highest BCUT2D eigenvalue weighted by Gasteiger charge is 2.46. The molecule has 5 nitrogen and oxygen atoms in total. The van der Waals surface area contributed by atoms with Crippen molar-refractivity contribution >= 4 is 5.91 Å². The van der Waals surface area contributed by atoms with Crippen molar-refractivity contribution in [3.05, 3.63) is 17.0 Å². The van der Waals surface area contributed by atoms with Crippen LogP contribution in [0.25, 0.3) is 0 Å². The standard InChI is InChI=1S/C19H31N3O2/c1-5-14(2)21-11-6-8-19(10-12-21)9-7-18(23)22(19)13-17-15(3)20-24-16(17)4/h14H,5-13H2,1-4H3. The second-order valence-electron chi connectivity index (χ2n) is 7.65. The number of amides is 1. The van der Waals surface area contributed by atoms with E-state index in [0.717, 1.165) is 49.4 Å². The fourth-order valence-corrected chi connectivity index (χ4v) is 4.43. The zero-order valence-corrected chi connectivity index (χ0v) is 15.6. The van der Waals surface area contributed by atoms with Gasteiger partial charge in [-0.15, -0.1) is 0 Å². The number of hydrogen-bond donors (Lipinski definition) is 0. The largest absolute Gasteiger partial charge is 0.361 e. The Morgan fingerprint density at radius 2 is 2.04 bits per heavy atom. The number of nitrogens with zero attached hydrogens (tertiary/aromatic N) is 3. The highest BCUT2D eigenvalue weighted by Crippen LogP contribution is 2.40. The number of carbonyl (C=O) groups excluding carboxylic acids is 1. The van der Waals surface area contributed by atoms with E-state index >= 15 is 0 Å². The Labute approximate surface area is 145 Å². The molecule has 1 amide bonds. The Kier molecular flexibility index (Phi) is 5.00. The predicted molar refractivity (Wildman–Crippen MR) is 93.7 cm³/mol. The zero-order chi connectivity index (χ0) is 17.3. The van der Waals surface area contributed by atoms with Gasteiger partial charge in [0, 0.05) is 30.1 Å². The summed E-state index contributed by atoms with van der Waals surface area (Å²) in [5.41, 5.74) is 2.04. The highest BCUT2D eigenvalue weighted by atomic mass is 16.5. The molecule has 24 heavy (non-hydrogen) atoms. The molecule has 2 saturated heterocycles.